The van der Waals surface area contributed by atoms with Crippen LogP contribution in [0.5, 0.6) is 5.75 Å². The molecule has 0 atom stereocenters. The van der Waals surface area contributed by atoms with Crippen molar-refractivity contribution in [1.82, 2.24) is 0 Å². The van der Waals surface area contributed by atoms with Crippen LogP contribution in [0.2, 0.25) is 0 Å². The van der Waals surface area contributed by atoms with Gasteiger partial charge in [-0.2, -0.15) is 17.9 Å². The van der Waals surface area contributed by atoms with E-state index in [4.69, 9.17) is 4.74 Å². The van der Waals surface area contributed by atoms with Gasteiger partial charge in [0.15, 0.2) is 12.4 Å². The standard InChI is InChI=1S/C12H13BrF3NO2/c13-9-7-17(18)6-3-10(9)19-8-11(12(14,15)16)4-1-2-5-11/h3,6-7H,1-2,4-5,8H2. The van der Waals surface area contributed by atoms with E-state index in [1.807, 2.05) is 0 Å². The highest BCUT2D eigenvalue weighted by molar-refractivity contribution is 9.10. The summed E-state index contributed by atoms with van der Waals surface area (Å²) in [5.74, 6) is 0.252. The van der Waals surface area contributed by atoms with Gasteiger partial charge in [0.1, 0.15) is 16.8 Å². The summed E-state index contributed by atoms with van der Waals surface area (Å²) >= 11 is 3.10. The lowest BCUT2D eigenvalue weighted by molar-refractivity contribution is -0.606. The number of ether oxygens (including phenoxy) is 1. The van der Waals surface area contributed by atoms with E-state index in [1.165, 1.54) is 18.5 Å². The van der Waals surface area contributed by atoms with Crippen LogP contribution in [0, 0.1) is 10.6 Å². The Kier molecular flexibility index (Phi) is 3.94. The highest BCUT2D eigenvalue weighted by Crippen LogP contribution is 2.50. The second-order valence-corrected chi connectivity index (χ2v) is 5.65. The van der Waals surface area contributed by atoms with Gasteiger partial charge in [0.2, 0.25) is 0 Å². The average molecular weight is 340 g/mol. The normalized spacial score (nSPS) is 18.5. The number of halogens is 4. The van der Waals surface area contributed by atoms with Crippen molar-refractivity contribution in [2.24, 2.45) is 5.41 Å². The number of hydrogen-bond donors (Lipinski definition) is 0. The third-order valence-corrected chi connectivity index (χ3v) is 4.11. The summed E-state index contributed by atoms with van der Waals surface area (Å²) in [6, 6.07) is 1.36. The van der Waals surface area contributed by atoms with Gasteiger partial charge in [-0.05, 0) is 28.8 Å². The molecule has 1 saturated carbocycles. The van der Waals surface area contributed by atoms with Gasteiger partial charge in [0, 0.05) is 6.07 Å². The van der Waals surface area contributed by atoms with Gasteiger partial charge in [0.05, 0.1) is 5.41 Å². The molecule has 1 fully saturated rings. The van der Waals surface area contributed by atoms with E-state index in [1.54, 1.807) is 0 Å². The molecule has 0 unspecified atom stereocenters. The number of aromatic nitrogens is 1. The Labute approximate surface area is 117 Å². The van der Waals surface area contributed by atoms with Crippen molar-refractivity contribution in [3.8, 4) is 5.75 Å². The van der Waals surface area contributed by atoms with Crippen molar-refractivity contribution in [3.05, 3.63) is 28.1 Å². The molecule has 0 N–H and O–H groups in total. The van der Waals surface area contributed by atoms with Crippen molar-refractivity contribution in [2.45, 2.75) is 31.9 Å². The van der Waals surface area contributed by atoms with Gasteiger partial charge in [-0.1, -0.05) is 12.8 Å². The Bertz CT molecular complexity index is 459. The average Bonchev–Trinajstić information content (AvgIpc) is 2.77. The van der Waals surface area contributed by atoms with E-state index in [0.717, 1.165) is 0 Å². The topological polar surface area (TPSA) is 36.2 Å². The minimum atomic E-state index is -4.26. The molecule has 7 heteroatoms. The van der Waals surface area contributed by atoms with E-state index >= 15 is 0 Å². The van der Waals surface area contributed by atoms with Crippen LogP contribution in [0.3, 0.4) is 0 Å². The molecule has 0 spiro atoms. The lowest BCUT2D eigenvalue weighted by Crippen LogP contribution is -2.40. The maximum absolute atomic E-state index is 13.1. The summed E-state index contributed by atoms with van der Waals surface area (Å²) in [6.07, 6.45) is -0.535. The molecule has 1 aliphatic rings. The molecule has 1 heterocycles. The first-order valence-corrected chi connectivity index (χ1v) is 6.71. The summed E-state index contributed by atoms with van der Waals surface area (Å²) in [4.78, 5) is 0. The van der Waals surface area contributed by atoms with Crippen LogP contribution in [-0.4, -0.2) is 12.8 Å². The molecule has 1 aromatic rings. The van der Waals surface area contributed by atoms with Crippen LogP contribution >= 0.6 is 15.9 Å². The van der Waals surface area contributed by atoms with Crippen LogP contribution in [-0.2, 0) is 0 Å². The zero-order valence-electron chi connectivity index (χ0n) is 10.0. The first kappa shape index (κ1) is 14.4. The second-order valence-electron chi connectivity index (χ2n) is 4.79. The van der Waals surface area contributed by atoms with Crippen molar-refractivity contribution in [1.29, 1.82) is 0 Å². The van der Waals surface area contributed by atoms with Crippen LogP contribution in [0.15, 0.2) is 22.9 Å². The third-order valence-electron chi connectivity index (χ3n) is 3.51. The van der Waals surface area contributed by atoms with E-state index in [-0.39, 0.29) is 18.6 Å². The Hall–Kier alpha value is -0.980. The quantitative estimate of drug-likeness (QED) is 0.623. The highest BCUT2D eigenvalue weighted by atomic mass is 79.9. The molecule has 106 valence electrons. The fraction of sp³-hybridized carbons (Fsp3) is 0.583. The molecule has 0 radical (unpaired) electrons. The number of nitrogens with zero attached hydrogens (tertiary/aromatic N) is 1. The minimum absolute atomic E-state index is 0.0997. The lowest BCUT2D eigenvalue weighted by atomic mass is 9.86. The summed E-state index contributed by atoms with van der Waals surface area (Å²) < 4.78 is 45.6. The summed E-state index contributed by atoms with van der Waals surface area (Å²) in [5, 5.41) is 11.0. The molecule has 0 aliphatic heterocycles. The van der Waals surface area contributed by atoms with Crippen LogP contribution < -0.4 is 9.47 Å². The van der Waals surface area contributed by atoms with Crippen LogP contribution in [0.4, 0.5) is 13.2 Å². The van der Waals surface area contributed by atoms with Gasteiger partial charge in [-0.15, -0.1) is 0 Å². The lowest BCUT2D eigenvalue weighted by Gasteiger charge is -2.31. The Morgan fingerprint density at radius 3 is 2.53 bits per heavy atom. The number of pyridine rings is 1. The van der Waals surface area contributed by atoms with Gasteiger partial charge in [-0.25, -0.2) is 0 Å². The molecule has 0 bridgehead atoms. The fourth-order valence-electron chi connectivity index (χ4n) is 2.33. The highest BCUT2D eigenvalue weighted by Gasteiger charge is 2.56. The van der Waals surface area contributed by atoms with E-state index < -0.39 is 18.2 Å². The van der Waals surface area contributed by atoms with Crippen LogP contribution in [0.1, 0.15) is 25.7 Å². The largest absolute Gasteiger partial charge is 0.619 e. The summed E-state index contributed by atoms with van der Waals surface area (Å²) in [6.45, 7) is -0.405. The molecule has 19 heavy (non-hydrogen) atoms. The molecule has 1 aliphatic carbocycles. The molecule has 1 aromatic heterocycles. The van der Waals surface area contributed by atoms with Gasteiger partial charge >= 0.3 is 6.18 Å². The second kappa shape index (κ2) is 5.19. The minimum Gasteiger partial charge on any atom is -0.619 e. The SMILES string of the molecule is [O-][n+]1ccc(OCC2(C(F)(F)F)CCCC2)c(Br)c1. The van der Waals surface area contributed by atoms with E-state index in [2.05, 4.69) is 15.9 Å². The molecular formula is C12H13BrF3NO2. The predicted octanol–water partition coefficient (Wildman–Crippen LogP) is 3.58. The Morgan fingerprint density at radius 2 is 2.00 bits per heavy atom. The van der Waals surface area contributed by atoms with Crippen LogP contribution in [0.25, 0.3) is 0 Å². The first-order chi connectivity index (χ1) is 8.84. The monoisotopic (exact) mass is 339 g/mol. The van der Waals surface area contributed by atoms with Gasteiger partial charge in [-0.3, -0.25) is 0 Å². The van der Waals surface area contributed by atoms with Crippen molar-refractivity contribution >= 4 is 15.9 Å². The van der Waals surface area contributed by atoms with Gasteiger partial charge in [0.25, 0.3) is 0 Å². The summed E-state index contributed by atoms with van der Waals surface area (Å²) in [5.41, 5.74) is -1.75. The maximum atomic E-state index is 13.1. The Morgan fingerprint density at radius 1 is 1.37 bits per heavy atom. The van der Waals surface area contributed by atoms with Crippen molar-refractivity contribution in [2.75, 3.05) is 6.61 Å². The Balaban J connectivity index is 2.12. The van der Waals surface area contributed by atoms with Crippen molar-refractivity contribution < 1.29 is 22.6 Å². The smallest absolute Gasteiger partial charge is 0.397 e. The predicted molar refractivity (Wildman–Crippen MR) is 65.6 cm³/mol. The van der Waals surface area contributed by atoms with E-state index in [0.29, 0.717) is 22.0 Å². The van der Waals surface area contributed by atoms with Gasteiger partial charge < -0.3 is 9.94 Å². The summed E-state index contributed by atoms with van der Waals surface area (Å²) in [7, 11) is 0. The zero-order chi connectivity index (χ0) is 14.1. The maximum Gasteiger partial charge on any atom is 0.397 e. The third kappa shape index (κ3) is 2.96. The number of alkyl halides is 3. The molecular weight excluding hydrogens is 327 g/mol. The zero-order valence-corrected chi connectivity index (χ0v) is 11.6. The molecule has 2 rings (SSSR count). The molecule has 0 saturated heterocycles. The first-order valence-electron chi connectivity index (χ1n) is 5.92. The van der Waals surface area contributed by atoms with Crippen molar-refractivity contribution in [3.63, 3.8) is 0 Å². The molecule has 3 nitrogen and oxygen atoms in total. The molecule has 0 aromatic carbocycles. The molecule has 0 amide bonds. The number of rotatable bonds is 3. The van der Waals surface area contributed by atoms with E-state index in [9.17, 15) is 18.4 Å². The fourth-order valence-corrected chi connectivity index (χ4v) is 2.78. The number of hydrogen-bond acceptors (Lipinski definition) is 2.